The van der Waals surface area contributed by atoms with E-state index in [1.54, 1.807) is 0 Å². The van der Waals surface area contributed by atoms with E-state index in [-0.39, 0.29) is 11.9 Å². The topological polar surface area (TPSA) is 55.0 Å². The molecule has 3 rings (SSSR count). The van der Waals surface area contributed by atoms with E-state index < -0.39 is 0 Å². The summed E-state index contributed by atoms with van der Waals surface area (Å²) in [5.41, 5.74) is 2.03. The molecule has 0 unspecified atom stereocenters. The van der Waals surface area contributed by atoms with Crippen LogP contribution in [0.25, 0.3) is 11.0 Å². The van der Waals surface area contributed by atoms with Crippen LogP contribution in [0.1, 0.15) is 24.8 Å². The molecule has 1 saturated carbocycles. The predicted molar refractivity (Wildman–Crippen MR) is 63.6 cm³/mol. The van der Waals surface area contributed by atoms with Crippen molar-refractivity contribution in [2.45, 2.75) is 19.3 Å². The number of hydrogen-bond donors (Lipinski definition) is 1. The molecule has 0 aromatic carbocycles. The van der Waals surface area contributed by atoms with Gasteiger partial charge in [0.1, 0.15) is 5.65 Å². The summed E-state index contributed by atoms with van der Waals surface area (Å²) in [6.07, 6.45) is 4.61. The molecule has 4 nitrogen and oxygen atoms in total. The molecule has 1 fully saturated rings. The van der Waals surface area contributed by atoms with Gasteiger partial charge in [-0.3, -0.25) is 4.79 Å². The number of H-pyrrole nitrogens is 1. The molecule has 2 heterocycles. The van der Waals surface area contributed by atoms with Crippen LogP contribution in [0.2, 0.25) is 0 Å². The molecular formula is C13H14N2O2. The first kappa shape index (κ1) is 10.3. The second-order valence-corrected chi connectivity index (χ2v) is 4.38. The van der Waals surface area contributed by atoms with Crippen LogP contribution in [0.15, 0.2) is 24.5 Å². The number of esters is 1. The molecule has 1 N–H and O–H groups in total. The lowest BCUT2D eigenvalue weighted by Gasteiger charge is -2.01. The smallest absolute Gasteiger partial charge is 0.309 e. The Morgan fingerprint density at radius 1 is 1.65 bits per heavy atom. The van der Waals surface area contributed by atoms with Gasteiger partial charge in [-0.05, 0) is 37.0 Å². The fourth-order valence-electron chi connectivity index (χ4n) is 2.23. The fraction of sp³-hybridized carbons (Fsp3) is 0.385. The number of aromatic nitrogens is 2. The molecule has 0 bridgehead atoms. The van der Waals surface area contributed by atoms with E-state index in [1.165, 1.54) is 0 Å². The van der Waals surface area contributed by atoms with Crippen LogP contribution in [0.3, 0.4) is 0 Å². The van der Waals surface area contributed by atoms with Gasteiger partial charge in [-0.15, -0.1) is 0 Å². The van der Waals surface area contributed by atoms with E-state index in [0.717, 1.165) is 23.0 Å². The quantitative estimate of drug-likeness (QED) is 0.822. The average Bonchev–Trinajstić information content (AvgIpc) is 3.00. The molecule has 1 aliphatic rings. The van der Waals surface area contributed by atoms with Crippen LogP contribution in [0.4, 0.5) is 0 Å². The summed E-state index contributed by atoms with van der Waals surface area (Å²) in [6, 6.07) is 4.09. The summed E-state index contributed by atoms with van der Waals surface area (Å²) in [5, 5.41) is 1.09. The number of carbonyl (C=O) groups is 1. The first-order chi connectivity index (χ1) is 8.29. The summed E-state index contributed by atoms with van der Waals surface area (Å²) in [5.74, 6) is 0.251. The van der Waals surface area contributed by atoms with Crippen molar-refractivity contribution in [3.8, 4) is 0 Å². The summed E-state index contributed by atoms with van der Waals surface area (Å²) in [7, 11) is 0. The van der Waals surface area contributed by atoms with Crippen molar-refractivity contribution in [1.82, 2.24) is 9.97 Å². The van der Waals surface area contributed by atoms with E-state index in [4.69, 9.17) is 4.74 Å². The molecule has 1 aliphatic carbocycles. The summed E-state index contributed by atoms with van der Waals surface area (Å²) in [4.78, 5) is 18.9. The van der Waals surface area contributed by atoms with E-state index in [2.05, 4.69) is 16.0 Å². The molecular weight excluding hydrogens is 216 g/mol. The minimum atomic E-state index is -0.0772. The molecule has 88 valence electrons. The number of aromatic amines is 1. The number of nitrogens with zero attached hydrogens (tertiary/aromatic N) is 1. The number of hydrogen-bond acceptors (Lipinski definition) is 3. The number of fused-ring (bicyclic) bond motifs is 1. The van der Waals surface area contributed by atoms with E-state index >= 15 is 0 Å². The van der Waals surface area contributed by atoms with Crippen LogP contribution < -0.4 is 0 Å². The maximum absolute atomic E-state index is 11.6. The van der Waals surface area contributed by atoms with Gasteiger partial charge in [0.05, 0.1) is 12.5 Å². The van der Waals surface area contributed by atoms with Crippen LogP contribution in [0.5, 0.6) is 0 Å². The number of nitrogens with one attached hydrogen (secondary N) is 1. The number of carbonyl (C=O) groups excluding carboxylic acids is 1. The maximum atomic E-state index is 11.6. The monoisotopic (exact) mass is 230 g/mol. The minimum Gasteiger partial charge on any atom is -0.466 e. The number of rotatable bonds is 3. The van der Waals surface area contributed by atoms with Crippen LogP contribution in [-0.2, 0) is 9.53 Å². The second-order valence-electron chi connectivity index (χ2n) is 4.38. The van der Waals surface area contributed by atoms with Crippen molar-refractivity contribution in [2.75, 3.05) is 6.61 Å². The molecule has 17 heavy (non-hydrogen) atoms. The molecule has 0 saturated heterocycles. The first-order valence-corrected chi connectivity index (χ1v) is 5.89. The normalized spacial score (nSPS) is 22.6. The third-order valence-corrected chi connectivity index (χ3v) is 3.23. The Morgan fingerprint density at radius 3 is 3.35 bits per heavy atom. The van der Waals surface area contributed by atoms with Crippen molar-refractivity contribution in [2.24, 2.45) is 5.92 Å². The third kappa shape index (κ3) is 1.79. The average molecular weight is 230 g/mol. The van der Waals surface area contributed by atoms with Crippen molar-refractivity contribution in [3.05, 3.63) is 30.1 Å². The molecule has 0 amide bonds. The Morgan fingerprint density at radius 2 is 2.53 bits per heavy atom. The molecule has 2 aromatic heterocycles. The fourth-order valence-corrected chi connectivity index (χ4v) is 2.23. The van der Waals surface area contributed by atoms with Gasteiger partial charge in [0.25, 0.3) is 0 Å². The second kappa shape index (κ2) is 3.87. The van der Waals surface area contributed by atoms with E-state index in [1.807, 2.05) is 25.4 Å². The molecule has 0 radical (unpaired) electrons. The lowest BCUT2D eigenvalue weighted by atomic mass is 10.1. The lowest BCUT2D eigenvalue weighted by molar-refractivity contribution is -0.144. The lowest BCUT2D eigenvalue weighted by Crippen LogP contribution is -2.07. The van der Waals surface area contributed by atoms with Crippen LogP contribution in [-0.4, -0.2) is 22.5 Å². The van der Waals surface area contributed by atoms with Crippen molar-refractivity contribution in [3.63, 3.8) is 0 Å². The van der Waals surface area contributed by atoms with Gasteiger partial charge in [0.2, 0.25) is 0 Å². The Hall–Kier alpha value is -1.84. The zero-order chi connectivity index (χ0) is 11.8. The zero-order valence-electron chi connectivity index (χ0n) is 9.64. The van der Waals surface area contributed by atoms with Gasteiger partial charge < -0.3 is 9.72 Å². The highest BCUT2D eigenvalue weighted by Crippen LogP contribution is 2.48. The Kier molecular flexibility index (Phi) is 2.35. The standard InChI is InChI=1S/C13H14N2O2/c1-2-17-13(16)11-6-10(11)9-5-8-3-4-14-12(8)15-7-9/h3-5,7,10-11H,2,6H2,1H3,(H,14,15)/t10-,11-/m1/s1. The Bertz CT molecular complexity index is 561. The maximum Gasteiger partial charge on any atom is 0.309 e. The van der Waals surface area contributed by atoms with Gasteiger partial charge in [-0.2, -0.15) is 0 Å². The zero-order valence-corrected chi connectivity index (χ0v) is 9.64. The first-order valence-electron chi connectivity index (χ1n) is 5.89. The van der Waals surface area contributed by atoms with Crippen molar-refractivity contribution < 1.29 is 9.53 Å². The highest BCUT2D eigenvalue weighted by molar-refractivity contribution is 5.79. The predicted octanol–water partition coefficient (Wildman–Crippen LogP) is 2.23. The molecule has 4 heteroatoms. The SMILES string of the molecule is CCOC(=O)[C@@H]1C[C@@H]1c1cnc2[nH]ccc2c1. The number of ether oxygens (including phenoxy) is 1. The van der Waals surface area contributed by atoms with Crippen LogP contribution in [0, 0.1) is 5.92 Å². The summed E-state index contributed by atoms with van der Waals surface area (Å²) < 4.78 is 5.02. The van der Waals surface area contributed by atoms with Gasteiger partial charge in [-0.25, -0.2) is 4.98 Å². The van der Waals surface area contributed by atoms with Gasteiger partial charge >= 0.3 is 5.97 Å². The highest BCUT2D eigenvalue weighted by Gasteiger charge is 2.45. The summed E-state index contributed by atoms with van der Waals surface area (Å²) >= 11 is 0. The van der Waals surface area contributed by atoms with Gasteiger partial charge in [-0.1, -0.05) is 0 Å². The van der Waals surface area contributed by atoms with Gasteiger partial charge in [0, 0.05) is 17.8 Å². The summed E-state index contributed by atoms with van der Waals surface area (Å²) in [6.45, 7) is 2.29. The molecule has 2 atom stereocenters. The van der Waals surface area contributed by atoms with E-state index in [0.29, 0.717) is 12.5 Å². The molecule has 2 aromatic rings. The Labute approximate surface area is 99.0 Å². The van der Waals surface area contributed by atoms with Crippen molar-refractivity contribution >= 4 is 17.0 Å². The Balaban J connectivity index is 1.79. The molecule has 0 aliphatic heterocycles. The highest BCUT2D eigenvalue weighted by atomic mass is 16.5. The van der Waals surface area contributed by atoms with E-state index in [9.17, 15) is 4.79 Å². The largest absolute Gasteiger partial charge is 0.466 e. The van der Waals surface area contributed by atoms with Crippen molar-refractivity contribution in [1.29, 1.82) is 0 Å². The number of pyridine rings is 1. The minimum absolute atomic E-state index is 0.0353. The van der Waals surface area contributed by atoms with Gasteiger partial charge in [0.15, 0.2) is 0 Å². The van der Waals surface area contributed by atoms with Crippen LogP contribution >= 0.6 is 0 Å². The molecule has 0 spiro atoms. The third-order valence-electron chi connectivity index (χ3n) is 3.23.